The summed E-state index contributed by atoms with van der Waals surface area (Å²) in [5, 5.41) is 6.63. The van der Waals surface area contributed by atoms with Crippen LogP contribution in [0.3, 0.4) is 0 Å². The first-order chi connectivity index (χ1) is 11.3. The lowest BCUT2D eigenvalue weighted by atomic mass is 9.96. The number of carbonyl (C=O) groups excluding carboxylic acids is 2. The molecule has 0 spiro atoms. The molecule has 3 rings (SSSR count). The maximum Gasteiger partial charge on any atom is 0.417 e. The second kappa shape index (κ2) is 6.07. The Morgan fingerprint density at radius 3 is 2.83 bits per heavy atom. The molecule has 7 nitrogen and oxygen atoms in total. The number of carbonyl (C=O) groups is 2. The molecule has 24 heavy (non-hydrogen) atoms. The van der Waals surface area contributed by atoms with Crippen LogP contribution in [0.2, 0.25) is 0 Å². The highest BCUT2D eigenvalue weighted by molar-refractivity contribution is 5.99. The van der Waals surface area contributed by atoms with Gasteiger partial charge in [-0.1, -0.05) is 25.9 Å². The van der Waals surface area contributed by atoms with E-state index in [1.165, 1.54) is 0 Å². The average Bonchev–Trinajstić information content (AvgIpc) is 3.01. The Kier molecular flexibility index (Phi) is 4.09. The number of hydrogen-bond donors (Lipinski definition) is 1. The number of anilines is 1. The number of aromatic nitrogens is 2. The number of hydrogen-bond acceptors (Lipinski definition) is 6. The summed E-state index contributed by atoms with van der Waals surface area (Å²) in [4.78, 5) is 27.8. The molecule has 1 amide bonds. The van der Waals surface area contributed by atoms with Gasteiger partial charge in [-0.2, -0.15) is 4.98 Å². The largest absolute Gasteiger partial charge is 0.440 e. The van der Waals surface area contributed by atoms with Gasteiger partial charge in [-0.05, 0) is 30.2 Å². The number of fused-ring (bicyclic) bond motifs is 1. The van der Waals surface area contributed by atoms with Gasteiger partial charge < -0.3 is 10.1 Å². The summed E-state index contributed by atoms with van der Waals surface area (Å²) in [5.74, 6) is 0.329. The number of ketones is 1. The van der Waals surface area contributed by atoms with Crippen LogP contribution in [0.5, 0.6) is 6.08 Å². The van der Waals surface area contributed by atoms with Gasteiger partial charge in [0.05, 0.1) is 0 Å². The minimum Gasteiger partial charge on any atom is -0.440 e. The second-order valence-electron chi connectivity index (χ2n) is 6.77. The Hall–Kier alpha value is -2.70. The fourth-order valence-electron chi connectivity index (χ4n) is 2.34. The summed E-state index contributed by atoms with van der Waals surface area (Å²) < 4.78 is 10.3. The summed E-state index contributed by atoms with van der Waals surface area (Å²) in [5.41, 5.74) is 1.99. The Morgan fingerprint density at radius 2 is 2.12 bits per heavy atom. The summed E-state index contributed by atoms with van der Waals surface area (Å²) in [6.07, 6.45) is 1.04. The van der Waals surface area contributed by atoms with Crippen molar-refractivity contribution in [2.75, 3.05) is 11.9 Å². The van der Waals surface area contributed by atoms with Gasteiger partial charge in [0, 0.05) is 23.1 Å². The topological polar surface area (TPSA) is 94.3 Å². The molecule has 2 aromatic rings. The molecule has 1 N–H and O–H groups in total. The highest BCUT2D eigenvalue weighted by atomic mass is 16.6. The Labute approximate surface area is 139 Å². The fraction of sp³-hybridized carbons (Fsp3) is 0.412. The molecule has 1 aromatic carbocycles. The van der Waals surface area contributed by atoms with E-state index in [1.54, 1.807) is 18.2 Å². The lowest BCUT2D eigenvalue weighted by Gasteiger charge is -2.17. The maximum absolute atomic E-state index is 12.3. The molecule has 0 saturated heterocycles. The Morgan fingerprint density at radius 1 is 1.33 bits per heavy atom. The molecule has 0 saturated carbocycles. The van der Waals surface area contributed by atoms with Crippen molar-refractivity contribution in [3.8, 4) is 6.08 Å². The van der Waals surface area contributed by atoms with Gasteiger partial charge in [-0.15, -0.1) is 0 Å². The predicted molar refractivity (Wildman–Crippen MR) is 86.2 cm³/mol. The normalized spacial score (nSPS) is 14.0. The van der Waals surface area contributed by atoms with Gasteiger partial charge in [0.2, 0.25) is 5.91 Å². The molecule has 0 radical (unpaired) electrons. The van der Waals surface area contributed by atoms with Crippen LogP contribution in [0, 0.1) is 0 Å². The van der Waals surface area contributed by atoms with Gasteiger partial charge in [0.15, 0.2) is 18.2 Å². The molecule has 1 aliphatic heterocycles. The molecule has 0 atom stereocenters. The van der Waals surface area contributed by atoms with E-state index in [0.29, 0.717) is 24.2 Å². The lowest BCUT2D eigenvalue weighted by Crippen LogP contribution is -2.20. The summed E-state index contributed by atoms with van der Waals surface area (Å²) in [6, 6.07) is 5.20. The van der Waals surface area contributed by atoms with Gasteiger partial charge in [-0.3, -0.25) is 14.1 Å². The minimum absolute atomic E-state index is 0.00374. The zero-order valence-electron chi connectivity index (χ0n) is 13.9. The number of amides is 1. The molecule has 0 aliphatic carbocycles. The Bertz CT molecular complexity index is 789. The fourth-order valence-corrected chi connectivity index (χ4v) is 2.34. The summed E-state index contributed by atoms with van der Waals surface area (Å²) in [7, 11) is 0. The maximum atomic E-state index is 12.3. The minimum atomic E-state index is -0.252. The van der Waals surface area contributed by atoms with Crippen molar-refractivity contribution < 1.29 is 18.8 Å². The quantitative estimate of drug-likeness (QED) is 0.866. The van der Waals surface area contributed by atoms with Crippen molar-refractivity contribution in [1.82, 2.24) is 10.1 Å². The smallest absolute Gasteiger partial charge is 0.417 e. The van der Waals surface area contributed by atoms with Crippen LogP contribution in [0.1, 0.15) is 48.9 Å². The molecule has 0 bridgehead atoms. The monoisotopic (exact) mass is 329 g/mol. The molecule has 1 aliphatic rings. The van der Waals surface area contributed by atoms with E-state index in [-0.39, 0.29) is 29.8 Å². The number of rotatable bonds is 4. The van der Waals surface area contributed by atoms with Crippen molar-refractivity contribution in [2.45, 2.75) is 39.0 Å². The van der Waals surface area contributed by atoms with Crippen LogP contribution >= 0.6 is 0 Å². The first-order valence-corrected chi connectivity index (χ1v) is 7.76. The number of Topliss-reactive ketones (excluding diaryl/α,β-unsaturated/α-hetero) is 1. The zero-order chi connectivity index (χ0) is 17.3. The Balaban J connectivity index is 1.65. The van der Waals surface area contributed by atoms with Crippen LogP contribution in [0.4, 0.5) is 5.69 Å². The van der Waals surface area contributed by atoms with E-state index < -0.39 is 0 Å². The van der Waals surface area contributed by atoms with Crippen molar-refractivity contribution >= 4 is 17.4 Å². The van der Waals surface area contributed by atoms with E-state index in [1.807, 2.05) is 20.8 Å². The van der Waals surface area contributed by atoms with Crippen molar-refractivity contribution in [2.24, 2.45) is 0 Å². The zero-order valence-corrected chi connectivity index (χ0v) is 13.9. The summed E-state index contributed by atoms with van der Waals surface area (Å²) >= 11 is 0. The van der Waals surface area contributed by atoms with E-state index in [9.17, 15) is 9.59 Å². The summed E-state index contributed by atoms with van der Waals surface area (Å²) in [6.45, 7) is 5.69. The third kappa shape index (κ3) is 3.45. The average molecular weight is 329 g/mol. The van der Waals surface area contributed by atoms with Gasteiger partial charge >= 0.3 is 6.08 Å². The molecule has 0 fully saturated rings. The second-order valence-corrected chi connectivity index (χ2v) is 6.77. The van der Waals surface area contributed by atoms with Crippen LogP contribution in [0.25, 0.3) is 0 Å². The molecule has 7 heteroatoms. The number of nitrogens with one attached hydrogen (secondary N) is 1. The van der Waals surface area contributed by atoms with E-state index in [2.05, 4.69) is 15.5 Å². The number of ether oxygens (including phenoxy) is 1. The first kappa shape index (κ1) is 16.2. The third-order valence-electron chi connectivity index (χ3n) is 3.73. The van der Waals surface area contributed by atoms with Gasteiger partial charge in [0.25, 0.3) is 0 Å². The highest BCUT2D eigenvalue weighted by Crippen LogP contribution is 2.24. The molecule has 0 unspecified atom stereocenters. The van der Waals surface area contributed by atoms with Gasteiger partial charge in [-0.25, -0.2) is 0 Å². The van der Waals surface area contributed by atoms with Crippen LogP contribution in [0.15, 0.2) is 22.7 Å². The molecular formula is C17H19N3O4. The van der Waals surface area contributed by atoms with Crippen LogP contribution in [-0.2, 0) is 16.6 Å². The molecular weight excluding hydrogens is 310 g/mol. The van der Waals surface area contributed by atoms with E-state index in [4.69, 9.17) is 9.26 Å². The van der Waals surface area contributed by atoms with Crippen LogP contribution < -0.4 is 10.1 Å². The first-order valence-electron chi connectivity index (χ1n) is 7.76. The standard InChI is InChI=1S/C17H19N3O4/c1-17(2,3)15-19-16(24-20-15)23-9-13(21)11-4-6-12-10(8-11)5-7-14(22)18-12/h4,6,8H,5,7,9H2,1-3H3,(H,18,22). The van der Waals surface area contributed by atoms with Crippen molar-refractivity contribution in [3.63, 3.8) is 0 Å². The number of nitrogens with zero attached hydrogens (tertiary/aromatic N) is 2. The molecule has 1 aromatic heterocycles. The van der Waals surface area contributed by atoms with E-state index >= 15 is 0 Å². The molecule has 2 heterocycles. The third-order valence-corrected chi connectivity index (χ3v) is 3.73. The SMILES string of the molecule is CC(C)(C)c1noc(OCC(=O)c2ccc3c(c2)CCC(=O)N3)n1. The number of benzene rings is 1. The number of aryl methyl sites for hydroxylation is 1. The highest BCUT2D eigenvalue weighted by Gasteiger charge is 2.22. The molecule has 126 valence electrons. The predicted octanol–water partition coefficient (Wildman–Crippen LogP) is 2.51. The van der Waals surface area contributed by atoms with Crippen molar-refractivity contribution in [3.05, 3.63) is 35.2 Å². The van der Waals surface area contributed by atoms with Crippen LogP contribution in [-0.4, -0.2) is 28.4 Å². The van der Waals surface area contributed by atoms with Gasteiger partial charge in [0.1, 0.15) is 0 Å². The lowest BCUT2D eigenvalue weighted by molar-refractivity contribution is -0.116. The van der Waals surface area contributed by atoms with E-state index in [0.717, 1.165) is 11.3 Å². The van der Waals surface area contributed by atoms with Crippen molar-refractivity contribution in [1.29, 1.82) is 0 Å².